The summed E-state index contributed by atoms with van der Waals surface area (Å²) in [6.07, 6.45) is 1.72. The number of hydrogen-bond donors (Lipinski definition) is 5. The van der Waals surface area contributed by atoms with E-state index in [0.29, 0.717) is 54.2 Å². The number of anilines is 2. The molecule has 36 heavy (non-hydrogen) atoms. The smallest absolute Gasteiger partial charge is 0.253 e. The normalized spacial score (nSPS) is 10.8. The number of H-pyrrole nitrogens is 1. The molecule has 0 saturated heterocycles. The minimum atomic E-state index is -0.143. The van der Waals surface area contributed by atoms with Crippen LogP contribution in [0, 0.1) is 6.92 Å². The van der Waals surface area contributed by atoms with Gasteiger partial charge in [-0.15, -0.1) is 0 Å². The standard InChI is InChI=1S/C26H28ClN7O2/c1-16-23(29-12-11-28-17(2)35)33-25(18-7-9-19(27)10-8-18)34-24(16)30-13-14-31-26(36)21-15-32-22-6-4-3-5-20(21)22/h3-10,15,32H,11-14H2,1-2H3,(H,28,35)(H,31,36)(H2,29,30,33,34). The molecule has 0 bridgehead atoms. The van der Waals surface area contributed by atoms with E-state index in [-0.39, 0.29) is 11.8 Å². The van der Waals surface area contributed by atoms with Gasteiger partial charge in [-0.3, -0.25) is 9.59 Å². The summed E-state index contributed by atoms with van der Waals surface area (Å²) < 4.78 is 0. The van der Waals surface area contributed by atoms with E-state index in [1.165, 1.54) is 6.92 Å². The molecule has 0 aliphatic carbocycles. The zero-order valence-electron chi connectivity index (χ0n) is 20.1. The molecule has 4 aromatic rings. The number of nitrogens with one attached hydrogen (secondary N) is 5. The van der Waals surface area contributed by atoms with Crippen molar-refractivity contribution in [2.45, 2.75) is 13.8 Å². The quantitative estimate of drug-likeness (QED) is 0.208. The highest BCUT2D eigenvalue weighted by molar-refractivity contribution is 6.30. The average Bonchev–Trinajstić information content (AvgIpc) is 3.30. The number of amides is 2. The largest absolute Gasteiger partial charge is 0.368 e. The third-order valence-corrected chi connectivity index (χ3v) is 5.83. The number of halogens is 1. The summed E-state index contributed by atoms with van der Waals surface area (Å²) >= 11 is 6.04. The summed E-state index contributed by atoms with van der Waals surface area (Å²) in [5.74, 6) is 1.61. The Balaban J connectivity index is 1.44. The van der Waals surface area contributed by atoms with E-state index in [1.807, 2.05) is 43.3 Å². The van der Waals surface area contributed by atoms with Crippen LogP contribution in [-0.4, -0.2) is 52.9 Å². The van der Waals surface area contributed by atoms with Gasteiger partial charge >= 0.3 is 0 Å². The first-order valence-corrected chi connectivity index (χ1v) is 12.0. The van der Waals surface area contributed by atoms with Crippen molar-refractivity contribution in [1.82, 2.24) is 25.6 Å². The first kappa shape index (κ1) is 25.0. The van der Waals surface area contributed by atoms with Gasteiger partial charge in [-0.2, -0.15) is 0 Å². The van der Waals surface area contributed by atoms with Crippen LogP contribution < -0.4 is 21.3 Å². The van der Waals surface area contributed by atoms with E-state index < -0.39 is 0 Å². The summed E-state index contributed by atoms with van der Waals surface area (Å²) in [4.78, 5) is 36.3. The number of carbonyl (C=O) groups excluding carboxylic acids is 2. The fourth-order valence-electron chi connectivity index (χ4n) is 3.72. The van der Waals surface area contributed by atoms with Crippen LogP contribution in [0.5, 0.6) is 0 Å². The lowest BCUT2D eigenvalue weighted by molar-refractivity contribution is -0.118. The molecule has 10 heteroatoms. The molecule has 0 aliphatic rings. The maximum absolute atomic E-state index is 12.7. The molecule has 9 nitrogen and oxygen atoms in total. The molecule has 2 aromatic carbocycles. The van der Waals surface area contributed by atoms with E-state index in [1.54, 1.807) is 18.3 Å². The maximum Gasteiger partial charge on any atom is 0.253 e. The number of fused-ring (bicyclic) bond motifs is 1. The average molecular weight is 506 g/mol. The first-order chi connectivity index (χ1) is 17.4. The van der Waals surface area contributed by atoms with E-state index in [0.717, 1.165) is 22.0 Å². The highest BCUT2D eigenvalue weighted by Gasteiger charge is 2.14. The molecule has 2 aromatic heterocycles. The lowest BCUT2D eigenvalue weighted by Gasteiger charge is -2.16. The number of benzene rings is 2. The van der Waals surface area contributed by atoms with Gasteiger partial charge in [0.2, 0.25) is 5.91 Å². The number of hydrogen-bond acceptors (Lipinski definition) is 6. The number of aromatic amines is 1. The Morgan fingerprint density at radius 2 is 1.53 bits per heavy atom. The number of nitrogens with zero attached hydrogens (tertiary/aromatic N) is 2. The third-order valence-electron chi connectivity index (χ3n) is 5.58. The van der Waals surface area contributed by atoms with Crippen molar-refractivity contribution >= 4 is 46.0 Å². The van der Waals surface area contributed by atoms with Crippen LogP contribution >= 0.6 is 11.6 Å². The molecule has 0 atom stereocenters. The van der Waals surface area contributed by atoms with Crippen LogP contribution in [0.1, 0.15) is 22.8 Å². The fourth-order valence-corrected chi connectivity index (χ4v) is 3.85. The van der Waals surface area contributed by atoms with Crippen molar-refractivity contribution in [2.24, 2.45) is 0 Å². The lowest BCUT2D eigenvalue weighted by atomic mass is 10.1. The van der Waals surface area contributed by atoms with E-state index in [4.69, 9.17) is 16.6 Å². The summed E-state index contributed by atoms with van der Waals surface area (Å²) in [7, 11) is 0. The number of rotatable bonds is 10. The predicted octanol–water partition coefficient (Wildman–Crippen LogP) is 3.98. The monoisotopic (exact) mass is 505 g/mol. The van der Waals surface area contributed by atoms with Gasteiger partial charge in [0.25, 0.3) is 5.91 Å². The SMILES string of the molecule is CC(=O)NCCNc1nc(-c2ccc(Cl)cc2)nc(NCCNC(=O)c2c[nH]c3ccccc23)c1C. The Labute approximate surface area is 214 Å². The van der Waals surface area contributed by atoms with Gasteiger partial charge in [0.15, 0.2) is 5.82 Å². The van der Waals surface area contributed by atoms with Crippen molar-refractivity contribution in [1.29, 1.82) is 0 Å². The topological polar surface area (TPSA) is 124 Å². The third kappa shape index (κ3) is 6.11. The zero-order chi connectivity index (χ0) is 25.5. The van der Waals surface area contributed by atoms with Crippen LogP contribution in [0.15, 0.2) is 54.7 Å². The summed E-state index contributed by atoms with van der Waals surface area (Å²) in [6, 6.07) is 15.0. The Bertz CT molecular complexity index is 1370. The second-order valence-electron chi connectivity index (χ2n) is 8.22. The molecule has 0 unspecified atom stereocenters. The van der Waals surface area contributed by atoms with Gasteiger partial charge < -0.3 is 26.3 Å². The van der Waals surface area contributed by atoms with Crippen molar-refractivity contribution in [3.8, 4) is 11.4 Å². The van der Waals surface area contributed by atoms with Crippen LogP contribution in [-0.2, 0) is 4.79 Å². The zero-order valence-corrected chi connectivity index (χ0v) is 20.9. The molecule has 186 valence electrons. The molecule has 0 aliphatic heterocycles. The maximum atomic E-state index is 12.7. The van der Waals surface area contributed by atoms with Gasteiger partial charge in [-0.1, -0.05) is 29.8 Å². The molecule has 0 saturated carbocycles. The minimum absolute atomic E-state index is 0.0879. The Kier molecular flexibility index (Phi) is 8.02. The number of carbonyl (C=O) groups is 2. The lowest BCUT2D eigenvalue weighted by Crippen LogP contribution is -2.29. The van der Waals surface area contributed by atoms with E-state index >= 15 is 0 Å². The second kappa shape index (κ2) is 11.5. The molecule has 2 heterocycles. The summed E-state index contributed by atoms with van der Waals surface area (Å²) in [6.45, 7) is 5.25. The van der Waals surface area contributed by atoms with Gasteiger partial charge in [0, 0.05) is 66.4 Å². The number of aromatic nitrogens is 3. The van der Waals surface area contributed by atoms with Crippen LogP contribution in [0.25, 0.3) is 22.3 Å². The number of para-hydroxylation sites is 1. The van der Waals surface area contributed by atoms with Crippen molar-refractivity contribution in [2.75, 3.05) is 36.8 Å². The molecule has 2 amide bonds. The van der Waals surface area contributed by atoms with E-state index in [9.17, 15) is 9.59 Å². The molecule has 5 N–H and O–H groups in total. The molecule has 0 fully saturated rings. The molecular weight excluding hydrogens is 478 g/mol. The highest BCUT2D eigenvalue weighted by Crippen LogP contribution is 2.26. The van der Waals surface area contributed by atoms with Crippen molar-refractivity contribution < 1.29 is 9.59 Å². The predicted molar refractivity (Wildman–Crippen MR) is 144 cm³/mol. The highest BCUT2D eigenvalue weighted by atomic mass is 35.5. The van der Waals surface area contributed by atoms with Crippen LogP contribution in [0.4, 0.5) is 11.6 Å². The Morgan fingerprint density at radius 1 is 0.889 bits per heavy atom. The van der Waals surface area contributed by atoms with Gasteiger partial charge in [-0.25, -0.2) is 9.97 Å². The van der Waals surface area contributed by atoms with E-state index in [2.05, 4.69) is 31.2 Å². The Morgan fingerprint density at radius 3 is 2.19 bits per heavy atom. The molecule has 0 radical (unpaired) electrons. The molecule has 0 spiro atoms. The van der Waals surface area contributed by atoms with Gasteiger partial charge in [0.05, 0.1) is 5.56 Å². The van der Waals surface area contributed by atoms with Crippen molar-refractivity contribution in [3.63, 3.8) is 0 Å². The molecule has 4 rings (SSSR count). The van der Waals surface area contributed by atoms with Crippen LogP contribution in [0.2, 0.25) is 5.02 Å². The van der Waals surface area contributed by atoms with Crippen molar-refractivity contribution in [3.05, 3.63) is 70.9 Å². The first-order valence-electron chi connectivity index (χ1n) is 11.6. The van der Waals surface area contributed by atoms with Gasteiger partial charge in [0.1, 0.15) is 11.6 Å². The van der Waals surface area contributed by atoms with Crippen LogP contribution in [0.3, 0.4) is 0 Å². The Hall–Kier alpha value is -4.11. The minimum Gasteiger partial charge on any atom is -0.368 e. The summed E-state index contributed by atoms with van der Waals surface area (Å²) in [5.41, 5.74) is 3.18. The molecular formula is C26H28ClN7O2. The second-order valence-corrected chi connectivity index (χ2v) is 8.65. The van der Waals surface area contributed by atoms with Gasteiger partial charge in [-0.05, 0) is 37.3 Å². The fraction of sp³-hybridized carbons (Fsp3) is 0.231. The summed E-state index contributed by atoms with van der Waals surface area (Å²) in [5, 5.41) is 13.8.